The summed E-state index contributed by atoms with van der Waals surface area (Å²) < 4.78 is 37.9. The maximum Gasteiger partial charge on any atom is 0.436 e. The number of halogens is 8. The van der Waals surface area contributed by atoms with Gasteiger partial charge in [0.05, 0.1) is 10.0 Å². The van der Waals surface area contributed by atoms with E-state index < -0.39 is 26.4 Å². The predicted octanol–water partition coefficient (Wildman–Crippen LogP) is 6.07. The Bertz CT molecular complexity index is 846. The Labute approximate surface area is 168 Å². The Morgan fingerprint density at radius 1 is 1.16 bits per heavy atom. The average molecular weight is 471 g/mol. The molecule has 0 aliphatic rings. The highest BCUT2D eigenvalue weighted by molar-refractivity contribution is 8.04. The van der Waals surface area contributed by atoms with Crippen LogP contribution in [-0.2, 0) is 6.18 Å². The average Bonchev–Trinajstić information content (AvgIpc) is 2.73. The number of nitriles is 1. The molecule has 0 atom stereocenters. The van der Waals surface area contributed by atoms with Gasteiger partial charge in [-0.2, -0.15) is 23.5 Å². The lowest BCUT2D eigenvalue weighted by Gasteiger charge is -2.14. The van der Waals surface area contributed by atoms with Crippen LogP contribution in [0.25, 0.3) is 5.69 Å². The molecule has 1 aromatic heterocycles. The SMILES string of the molecule is N#Cc1c(C(F)(F)F)nn(-c2c(Cl)cc(SC(Cl)(Cl)Cl)cc2Cl)c1N. The smallest absolute Gasteiger partial charge is 0.382 e. The van der Waals surface area contributed by atoms with Crippen molar-refractivity contribution in [2.75, 3.05) is 5.73 Å². The van der Waals surface area contributed by atoms with Crippen molar-refractivity contribution in [3.63, 3.8) is 0 Å². The summed E-state index contributed by atoms with van der Waals surface area (Å²) in [5.74, 6) is -0.555. The van der Waals surface area contributed by atoms with Gasteiger partial charge in [-0.25, -0.2) is 4.68 Å². The molecule has 0 aliphatic heterocycles. The van der Waals surface area contributed by atoms with Crippen molar-refractivity contribution in [1.29, 1.82) is 5.26 Å². The molecule has 4 nitrogen and oxygen atoms in total. The number of hydrogen-bond donors (Lipinski definition) is 1. The van der Waals surface area contributed by atoms with Crippen LogP contribution in [0, 0.1) is 11.3 Å². The van der Waals surface area contributed by atoms with Crippen LogP contribution in [-0.4, -0.2) is 12.9 Å². The Hall–Kier alpha value is -0.690. The maximum atomic E-state index is 13.0. The van der Waals surface area contributed by atoms with Crippen molar-refractivity contribution in [3.8, 4) is 11.8 Å². The van der Waals surface area contributed by atoms with Crippen molar-refractivity contribution in [3.05, 3.63) is 33.4 Å². The van der Waals surface area contributed by atoms with Gasteiger partial charge in [0.1, 0.15) is 23.1 Å². The summed E-state index contributed by atoms with van der Waals surface area (Å²) in [6.45, 7) is 0. The summed E-state index contributed by atoms with van der Waals surface area (Å²) in [5, 5.41) is 12.1. The standard InChI is InChI=1S/C12H4Cl5F3N4S/c13-6-1-4(25-12(15,16)17)2-7(14)8(6)24-10(22)5(3-21)9(23-24)11(18,19)20/h1-2H,22H2. The van der Waals surface area contributed by atoms with Gasteiger partial charge in [0.2, 0.25) is 3.12 Å². The van der Waals surface area contributed by atoms with Gasteiger partial charge in [-0.15, -0.1) is 0 Å². The van der Waals surface area contributed by atoms with Gasteiger partial charge < -0.3 is 5.73 Å². The number of thioether (sulfide) groups is 1. The highest BCUT2D eigenvalue weighted by atomic mass is 35.6. The topological polar surface area (TPSA) is 67.6 Å². The molecule has 2 aromatic rings. The maximum absolute atomic E-state index is 13.0. The Morgan fingerprint density at radius 2 is 1.68 bits per heavy atom. The first-order chi connectivity index (χ1) is 11.3. The molecule has 134 valence electrons. The zero-order valence-electron chi connectivity index (χ0n) is 11.5. The zero-order valence-corrected chi connectivity index (χ0v) is 16.1. The second kappa shape index (κ2) is 7.14. The minimum atomic E-state index is -4.88. The molecular formula is C12H4Cl5F3N4S. The first-order valence-electron chi connectivity index (χ1n) is 5.96. The van der Waals surface area contributed by atoms with Gasteiger partial charge in [0.15, 0.2) is 5.69 Å². The highest BCUT2D eigenvalue weighted by Crippen LogP contribution is 2.46. The molecule has 1 aromatic carbocycles. The van der Waals surface area contributed by atoms with Gasteiger partial charge in [-0.1, -0.05) is 69.8 Å². The van der Waals surface area contributed by atoms with E-state index in [0.29, 0.717) is 9.58 Å². The number of hydrogen-bond acceptors (Lipinski definition) is 4. The fraction of sp³-hybridized carbons (Fsp3) is 0.167. The molecule has 0 bridgehead atoms. The first-order valence-corrected chi connectivity index (χ1v) is 8.66. The van der Waals surface area contributed by atoms with E-state index in [4.69, 9.17) is 69.0 Å². The van der Waals surface area contributed by atoms with Crippen LogP contribution in [0.15, 0.2) is 17.0 Å². The third kappa shape index (κ3) is 4.54. The lowest BCUT2D eigenvalue weighted by molar-refractivity contribution is -0.141. The fourth-order valence-corrected chi connectivity index (χ4v) is 4.05. The van der Waals surface area contributed by atoms with Gasteiger partial charge in [-0.05, 0) is 12.1 Å². The van der Waals surface area contributed by atoms with Gasteiger partial charge >= 0.3 is 6.18 Å². The van der Waals surface area contributed by atoms with Crippen molar-refractivity contribution in [2.45, 2.75) is 14.2 Å². The number of nitrogen functional groups attached to an aromatic ring is 1. The van der Waals surface area contributed by atoms with Gasteiger partial charge in [0.25, 0.3) is 0 Å². The quantitative estimate of drug-likeness (QED) is 0.427. The number of nitrogens with two attached hydrogens (primary N) is 1. The zero-order chi connectivity index (χ0) is 19.2. The van der Waals surface area contributed by atoms with Crippen LogP contribution in [0.4, 0.5) is 19.0 Å². The monoisotopic (exact) mass is 468 g/mol. The molecule has 0 aliphatic carbocycles. The van der Waals surface area contributed by atoms with Crippen LogP contribution in [0.2, 0.25) is 10.0 Å². The van der Waals surface area contributed by atoms with E-state index in [1.165, 1.54) is 18.2 Å². The van der Waals surface area contributed by atoms with Crippen molar-refractivity contribution < 1.29 is 13.2 Å². The van der Waals surface area contributed by atoms with Gasteiger partial charge in [-0.3, -0.25) is 0 Å². The molecule has 0 saturated carbocycles. The summed E-state index contributed by atoms with van der Waals surface area (Å²) in [6.07, 6.45) is -4.88. The summed E-state index contributed by atoms with van der Waals surface area (Å²) in [7, 11) is 0. The Kier molecular flexibility index (Phi) is 5.89. The molecule has 0 fully saturated rings. The molecule has 2 rings (SSSR count). The summed E-state index contributed by atoms with van der Waals surface area (Å²) >= 11 is 29.9. The van der Waals surface area contributed by atoms with Gasteiger partial charge in [0, 0.05) is 4.90 Å². The fourth-order valence-electron chi connectivity index (χ4n) is 1.85. The van der Waals surface area contributed by atoms with E-state index in [9.17, 15) is 13.2 Å². The Balaban J connectivity index is 2.64. The lowest BCUT2D eigenvalue weighted by atomic mass is 10.2. The molecule has 0 radical (unpaired) electrons. The number of rotatable bonds is 2. The van der Waals surface area contributed by atoms with E-state index in [1.54, 1.807) is 0 Å². The molecule has 0 saturated heterocycles. The third-order valence-corrected chi connectivity index (χ3v) is 4.71. The molecule has 0 spiro atoms. The predicted molar refractivity (Wildman–Crippen MR) is 93.9 cm³/mol. The number of nitrogens with zero attached hydrogens (tertiary/aromatic N) is 3. The summed E-state index contributed by atoms with van der Waals surface area (Å²) in [4.78, 5) is 0.348. The summed E-state index contributed by atoms with van der Waals surface area (Å²) in [5.41, 5.74) is 3.20. The molecular weight excluding hydrogens is 466 g/mol. The van der Waals surface area contributed by atoms with Crippen molar-refractivity contribution in [2.24, 2.45) is 0 Å². The molecule has 1 heterocycles. The molecule has 25 heavy (non-hydrogen) atoms. The second-order valence-corrected chi connectivity index (χ2v) is 9.47. The van der Waals surface area contributed by atoms with Crippen LogP contribution in [0.3, 0.4) is 0 Å². The first kappa shape index (κ1) is 20.6. The molecule has 13 heteroatoms. The second-order valence-electron chi connectivity index (χ2n) is 4.41. The minimum absolute atomic E-state index is 0.100. The van der Waals surface area contributed by atoms with E-state index >= 15 is 0 Å². The number of anilines is 1. The van der Waals surface area contributed by atoms with E-state index in [0.717, 1.165) is 11.8 Å². The number of benzene rings is 1. The minimum Gasteiger partial charge on any atom is -0.382 e. The number of aromatic nitrogens is 2. The van der Waals surface area contributed by atoms with Crippen molar-refractivity contribution in [1.82, 2.24) is 9.78 Å². The highest BCUT2D eigenvalue weighted by Gasteiger charge is 2.40. The van der Waals surface area contributed by atoms with Crippen LogP contribution < -0.4 is 5.73 Å². The normalized spacial score (nSPS) is 12.3. The van der Waals surface area contributed by atoms with Crippen molar-refractivity contribution >= 4 is 75.6 Å². The van der Waals surface area contributed by atoms with E-state index in [2.05, 4.69) is 5.10 Å². The molecule has 0 amide bonds. The largest absolute Gasteiger partial charge is 0.436 e. The van der Waals surface area contributed by atoms with Crippen LogP contribution in [0.1, 0.15) is 11.3 Å². The third-order valence-electron chi connectivity index (χ3n) is 2.74. The van der Waals surface area contributed by atoms with E-state index in [-0.39, 0.29) is 15.7 Å². The van der Waals surface area contributed by atoms with Crippen LogP contribution in [0.5, 0.6) is 0 Å². The lowest BCUT2D eigenvalue weighted by Crippen LogP contribution is -2.09. The molecule has 0 unspecified atom stereocenters. The summed E-state index contributed by atoms with van der Waals surface area (Å²) in [6, 6.07) is 4.00. The van der Waals surface area contributed by atoms with Crippen LogP contribution >= 0.6 is 69.8 Å². The Morgan fingerprint density at radius 3 is 2.04 bits per heavy atom. The number of alkyl halides is 6. The van der Waals surface area contributed by atoms with E-state index in [1.807, 2.05) is 0 Å². The molecule has 2 N–H and O–H groups in total.